The Morgan fingerprint density at radius 2 is 1.68 bits per heavy atom. The van der Waals surface area contributed by atoms with Crippen LogP contribution in [0.15, 0.2) is 30.3 Å². The second kappa shape index (κ2) is 11.9. The van der Waals surface area contributed by atoms with Crippen molar-refractivity contribution in [3.05, 3.63) is 40.9 Å². The largest absolute Gasteiger partial charge is 0.493 e. The van der Waals surface area contributed by atoms with Crippen molar-refractivity contribution in [1.29, 1.82) is 0 Å². The molecule has 3 rings (SSSR count). The van der Waals surface area contributed by atoms with E-state index in [0.717, 1.165) is 4.90 Å². The van der Waals surface area contributed by atoms with Crippen LogP contribution in [0.1, 0.15) is 24.2 Å². The van der Waals surface area contributed by atoms with Gasteiger partial charge in [-0.15, -0.1) is 0 Å². The molecule has 0 aromatic heterocycles. The number of methoxy groups -OCH3 is 3. The maximum atomic E-state index is 13.5. The monoisotopic (exact) mass is 569 g/mol. The first-order valence-electron chi connectivity index (χ1n) is 11.5. The van der Waals surface area contributed by atoms with Gasteiger partial charge in [0, 0.05) is 22.7 Å². The third kappa shape index (κ3) is 5.65. The fraction of sp³-hybridized carbons (Fsp3) is 0.400. The van der Waals surface area contributed by atoms with Crippen LogP contribution in [0, 0.1) is 0 Å². The lowest BCUT2D eigenvalue weighted by atomic mass is 9.99. The molecule has 38 heavy (non-hydrogen) atoms. The molecule has 0 bridgehead atoms. The molecule has 2 atom stereocenters. The van der Waals surface area contributed by atoms with Crippen molar-refractivity contribution in [2.75, 3.05) is 46.0 Å². The van der Waals surface area contributed by atoms with Crippen molar-refractivity contribution < 1.29 is 46.5 Å². The van der Waals surface area contributed by atoms with E-state index in [1.165, 1.54) is 58.6 Å². The number of rotatable bonds is 11. The van der Waals surface area contributed by atoms with Crippen LogP contribution in [0.2, 0.25) is 5.02 Å². The second-order valence-electron chi connectivity index (χ2n) is 8.21. The Labute approximate surface area is 225 Å². The summed E-state index contributed by atoms with van der Waals surface area (Å²) in [6, 6.07) is 7.02. The van der Waals surface area contributed by atoms with Gasteiger partial charge in [-0.3, -0.25) is 19.3 Å². The number of carbonyl (C=O) groups is 3. The van der Waals surface area contributed by atoms with Gasteiger partial charge in [0.2, 0.25) is 11.0 Å². The number of amides is 1. The Hall–Kier alpha value is -3.51. The molecule has 13 heteroatoms. The topological polar surface area (TPSA) is 135 Å². The Balaban J connectivity index is 1.92. The van der Waals surface area contributed by atoms with Gasteiger partial charge < -0.3 is 23.7 Å². The number of fused-ring (bicyclic) bond motifs is 1. The summed E-state index contributed by atoms with van der Waals surface area (Å²) in [5.74, 6) is -1.64. The zero-order chi connectivity index (χ0) is 28.2. The van der Waals surface area contributed by atoms with E-state index in [2.05, 4.69) is 0 Å². The second-order valence-corrected chi connectivity index (χ2v) is 11.1. The van der Waals surface area contributed by atoms with Gasteiger partial charge in [0.25, 0.3) is 5.91 Å². The molecule has 0 saturated carbocycles. The van der Waals surface area contributed by atoms with Crippen LogP contribution in [0.25, 0.3) is 0 Å². The first-order chi connectivity index (χ1) is 18.0. The third-order valence-corrected chi connectivity index (χ3v) is 8.41. The first-order valence-corrected chi connectivity index (χ1v) is 13.4. The molecule has 0 saturated heterocycles. The lowest BCUT2D eigenvalue weighted by Gasteiger charge is -2.33. The molecule has 206 valence electrons. The molecule has 2 aromatic carbocycles. The summed E-state index contributed by atoms with van der Waals surface area (Å²) in [4.78, 5) is 39.8. The summed E-state index contributed by atoms with van der Waals surface area (Å²) in [5.41, 5.74) is -0.0158. The van der Waals surface area contributed by atoms with E-state index in [1.54, 1.807) is 6.92 Å². The summed E-state index contributed by atoms with van der Waals surface area (Å²) in [7, 11) is -0.175. The summed E-state index contributed by atoms with van der Waals surface area (Å²) < 4.78 is 53.5. The minimum Gasteiger partial charge on any atom is -0.493 e. The Morgan fingerprint density at radius 1 is 1.05 bits per heavy atom. The number of ketones is 1. The highest BCUT2D eigenvalue weighted by molar-refractivity contribution is 7.94. The molecule has 1 aliphatic heterocycles. The highest BCUT2D eigenvalue weighted by atomic mass is 35.5. The van der Waals surface area contributed by atoms with Gasteiger partial charge >= 0.3 is 5.97 Å². The number of hydrogen-bond donors (Lipinski definition) is 0. The first kappa shape index (κ1) is 29.1. The van der Waals surface area contributed by atoms with Crippen molar-refractivity contribution in [2.45, 2.75) is 24.3 Å². The van der Waals surface area contributed by atoms with Crippen molar-refractivity contribution >= 4 is 44.8 Å². The van der Waals surface area contributed by atoms with E-state index >= 15 is 0 Å². The zero-order valence-corrected chi connectivity index (χ0v) is 23.1. The van der Waals surface area contributed by atoms with E-state index in [-0.39, 0.29) is 28.6 Å². The Morgan fingerprint density at radius 3 is 2.24 bits per heavy atom. The van der Waals surface area contributed by atoms with Crippen molar-refractivity contribution in [3.63, 3.8) is 0 Å². The zero-order valence-electron chi connectivity index (χ0n) is 21.5. The number of sulfone groups is 1. The molecule has 0 fully saturated rings. The molecule has 1 aliphatic rings. The van der Waals surface area contributed by atoms with E-state index in [1.807, 2.05) is 0 Å². The molecule has 1 heterocycles. The van der Waals surface area contributed by atoms with Crippen LogP contribution in [-0.4, -0.2) is 77.7 Å². The third-order valence-electron chi connectivity index (χ3n) is 5.85. The number of benzene rings is 2. The lowest BCUT2D eigenvalue weighted by molar-refractivity contribution is -0.142. The standard InChI is InChI=1S/C25H28ClNO10S/c1-6-36-21(28)12-27-18-9-15(26)7-8-17(18)22(29)24(25(27)30)38(31,32)14(2)13-37-16-10-19(33-3)23(35-5)20(11-16)34-4/h7-11,14,24H,6,12-13H2,1-5H3. The molecule has 0 radical (unpaired) electrons. The van der Waals surface area contributed by atoms with Crippen LogP contribution in [0.3, 0.4) is 0 Å². The van der Waals surface area contributed by atoms with E-state index in [4.69, 9.17) is 35.3 Å². The van der Waals surface area contributed by atoms with Crippen molar-refractivity contribution in [2.24, 2.45) is 0 Å². The maximum Gasteiger partial charge on any atom is 0.326 e. The molecular weight excluding hydrogens is 542 g/mol. The quantitative estimate of drug-likeness (QED) is 0.293. The number of hydrogen-bond acceptors (Lipinski definition) is 10. The van der Waals surface area contributed by atoms with Crippen LogP contribution in [0.5, 0.6) is 23.0 Å². The molecule has 0 spiro atoms. The maximum absolute atomic E-state index is 13.5. The fourth-order valence-electron chi connectivity index (χ4n) is 3.92. The average Bonchev–Trinajstić information content (AvgIpc) is 2.88. The van der Waals surface area contributed by atoms with Gasteiger partial charge in [-0.05, 0) is 32.0 Å². The van der Waals surface area contributed by atoms with Crippen molar-refractivity contribution in [3.8, 4) is 23.0 Å². The Kier molecular flexibility index (Phi) is 9.10. The van der Waals surface area contributed by atoms with Gasteiger partial charge in [-0.25, -0.2) is 8.42 Å². The average molecular weight is 570 g/mol. The van der Waals surface area contributed by atoms with Crippen molar-refractivity contribution in [1.82, 2.24) is 0 Å². The van der Waals surface area contributed by atoms with Gasteiger partial charge in [0.1, 0.15) is 18.9 Å². The minimum atomic E-state index is -4.45. The number of carbonyl (C=O) groups excluding carboxylic acids is 3. The number of nitrogens with zero attached hydrogens (tertiary/aromatic N) is 1. The van der Waals surface area contributed by atoms with E-state index < -0.39 is 51.1 Å². The summed E-state index contributed by atoms with van der Waals surface area (Å²) in [6.45, 7) is 1.98. The van der Waals surface area contributed by atoms with Crippen LogP contribution in [-0.2, 0) is 24.2 Å². The van der Waals surface area contributed by atoms with E-state index in [9.17, 15) is 22.8 Å². The highest BCUT2D eigenvalue weighted by Gasteiger charge is 2.49. The summed E-state index contributed by atoms with van der Waals surface area (Å²) >= 11 is 6.05. The summed E-state index contributed by atoms with van der Waals surface area (Å²) in [6.07, 6.45) is 0. The van der Waals surface area contributed by atoms with Crippen LogP contribution >= 0.6 is 11.6 Å². The molecular formula is C25H28ClNO10S. The molecule has 2 unspecified atom stereocenters. The van der Waals surface area contributed by atoms with Gasteiger partial charge in [0.05, 0.1) is 38.9 Å². The van der Waals surface area contributed by atoms with Gasteiger partial charge in [0.15, 0.2) is 27.1 Å². The molecule has 1 amide bonds. The minimum absolute atomic E-state index is 0.0355. The predicted molar refractivity (Wildman–Crippen MR) is 139 cm³/mol. The number of Topliss-reactive ketones (excluding diaryl/α,β-unsaturated/α-hetero) is 1. The summed E-state index contributed by atoms with van der Waals surface area (Å²) in [5, 5.41) is -3.17. The smallest absolute Gasteiger partial charge is 0.326 e. The fourth-order valence-corrected chi connectivity index (χ4v) is 5.64. The van der Waals surface area contributed by atoms with E-state index in [0.29, 0.717) is 17.2 Å². The molecule has 0 N–H and O–H groups in total. The van der Waals surface area contributed by atoms with Gasteiger partial charge in [-0.2, -0.15) is 0 Å². The Bertz CT molecular complexity index is 1320. The molecule has 0 aliphatic carbocycles. The van der Waals surface area contributed by atoms with Crippen LogP contribution in [0.4, 0.5) is 5.69 Å². The molecule has 11 nitrogen and oxygen atoms in total. The number of ether oxygens (including phenoxy) is 5. The predicted octanol–water partition coefficient (Wildman–Crippen LogP) is 2.71. The normalized spacial score (nSPS) is 15.9. The van der Waals surface area contributed by atoms with Gasteiger partial charge in [-0.1, -0.05) is 11.6 Å². The SMILES string of the molecule is CCOC(=O)CN1C(=O)C(S(=O)(=O)C(C)COc2cc(OC)c(OC)c(OC)c2)C(=O)c2ccc(Cl)cc21. The number of esters is 1. The number of anilines is 1. The molecule has 2 aromatic rings. The number of halogens is 1. The lowest BCUT2D eigenvalue weighted by Crippen LogP contribution is -2.55. The van der Waals surface area contributed by atoms with Crippen LogP contribution < -0.4 is 23.8 Å². The highest BCUT2D eigenvalue weighted by Crippen LogP contribution is 2.41.